The zero-order valence-corrected chi connectivity index (χ0v) is 34.7. The predicted molar refractivity (Wildman–Crippen MR) is 267 cm³/mol. The first-order chi connectivity index (χ1) is 31.7. The normalized spacial score (nSPS) is 11.8. The quantitative estimate of drug-likeness (QED) is 0.168. The fourth-order valence-electron chi connectivity index (χ4n) is 9.95. The van der Waals surface area contributed by atoms with Crippen molar-refractivity contribution >= 4 is 65.2 Å². The Bertz CT molecular complexity index is 3840. The van der Waals surface area contributed by atoms with E-state index in [1.54, 1.807) is 0 Å². The van der Waals surface area contributed by atoms with Gasteiger partial charge in [-0.15, -0.1) is 0 Å². The zero-order chi connectivity index (χ0) is 42.1. The molecule has 0 fully saturated rings. The molecular weight excluding hydrogens is 777 g/mol. The Balaban J connectivity index is 0.926. The number of rotatable bonds is 6. The van der Waals surface area contributed by atoms with Gasteiger partial charge in [-0.1, -0.05) is 152 Å². The van der Waals surface area contributed by atoms with Gasteiger partial charge < -0.3 is 9.13 Å². The van der Waals surface area contributed by atoms with Crippen LogP contribution in [0.25, 0.3) is 122 Å². The lowest BCUT2D eigenvalue weighted by atomic mass is 9.98. The molecule has 0 saturated heterocycles. The summed E-state index contributed by atoms with van der Waals surface area (Å²) in [7, 11) is 0. The highest BCUT2D eigenvalue weighted by atomic mass is 15.0. The average Bonchev–Trinajstić information content (AvgIpc) is 3.88. The van der Waals surface area contributed by atoms with E-state index in [-0.39, 0.29) is 0 Å². The molecule has 0 radical (unpaired) electrons. The van der Waals surface area contributed by atoms with E-state index in [4.69, 9.17) is 9.97 Å². The van der Waals surface area contributed by atoms with Crippen molar-refractivity contribution in [1.82, 2.24) is 19.1 Å². The van der Waals surface area contributed by atoms with E-state index in [2.05, 4.69) is 240 Å². The summed E-state index contributed by atoms with van der Waals surface area (Å²) in [6.07, 6.45) is 0. The molecule has 0 N–H and O–H groups in total. The highest BCUT2D eigenvalue weighted by Gasteiger charge is 2.18. The second-order valence-electron chi connectivity index (χ2n) is 16.6. The molecule has 13 aromatic rings. The minimum absolute atomic E-state index is 0.690. The van der Waals surface area contributed by atoms with Crippen LogP contribution in [0, 0.1) is 0 Å². The number of benzene rings is 10. The second-order valence-corrected chi connectivity index (χ2v) is 16.6. The van der Waals surface area contributed by atoms with E-state index >= 15 is 0 Å². The molecule has 0 saturated carbocycles. The molecule has 4 heteroatoms. The molecule has 0 spiro atoms. The first-order valence-corrected chi connectivity index (χ1v) is 21.8. The van der Waals surface area contributed by atoms with Crippen LogP contribution < -0.4 is 0 Å². The summed E-state index contributed by atoms with van der Waals surface area (Å²) in [5.74, 6) is 0.690. The third-order valence-corrected chi connectivity index (χ3v) is 12.9. The summed E-state index contributed by atoms with van der Waals surface area (Å²) >= 11 is 0. The highest BCUT2D eigenvalue weighted by Crippen LogP contribution is 2.39. The third kappa shape index (κ3) is 5.77. The molecule has 0 bridgehead atoms. The number of hydrogen-bond donors (Lipinski definition) is 0. The number of fused-ring (bicyclic) bond motifs is 8. The van der Waals surface area contributed by atoms with Crippen LogP contribution >= 0.6 is 0 Å². The van der Waals surface area contributed by atoms with E-state index in [9.17, 15) is 0 Å². The van der Waals surface area contributed by atoms with Gasteiger partial charge in [0.05, 0.1) is 33.5 Å². The SMILES string of the molecule is c1ccc(-n2c3ccccc3c3cc(-c4ccc5c(c4)c4ccccc4n5-c4ccc(-c5nc(-c6cccc7ccccc67)cc(-c6cccc7ccccc67)n5)cc4)ccc32)cc1. The molecular formula is C60H38N4. The van der Waals surface area contributed by atoms with Gasteiger partial charge in [-0.05, 0) is 112 Å². The van der Waals surface area contributed by atoms with Crippen LogP contribution in [-0.2, 0) is 0 Å². The van der Waals surface area contributed by atoms with Gasteiger partial charge >= 0.3 is 0 Å². The van der Waals surface area contributed by atoms with Crippen molar-refractivity contribution in [2.45, 2.75) is 0 Å². The second kappa shape index (κ2) is 14.5. The standard InChI is InChI=1S/C60H38N4/c1-2-18-44(19-3-1)63-56-26-10-8-22-50(56)52-36-42(30-34-58(52)63)43-31-35-59-53(37-43)51-23-9-11-27-57(51)64(59)45-32-28-41(29-33-45)60-61-54(48-24-12-16-39-14-4-6-20-46(39)48)38-55(62-60)49-25-13-17-40-15-5-7-21-47(40)49/h1-38H. The first kappa shape index (κ1) is 36.1. The summed E-state index contributed by atoms with van der Waals surface area (Å²) < 4.78 is 4.75. The maximum Gasteiger partial charge on any atom is 0.160 e. The Hall–Kier alpha value is -8.60. The van der Waals surface area contributed by atoms with Crippen LogP contribution in [0.2, 0.25) is 0 Å². The molecule has 0 aliphatic rings. The molecule has 10 aromatic carbocycles. The lowest BCUT2D eigenvalue weighted by Gasteiger charge is -2.13. The molecule has 13 rings (SSSR count). The number of nitrogens with zero attached hydrogens (tertiary/aromatic N) is 4. The molecule has 0 unspecified atom stereocenters. The summed E-state index contributed by atoms with van der Waals surface area (Å²) in [5.41, 5.74) is 14.3. The van der Waals surface area contributed by atoms with Crippen molar-refractivity contribution < 1.29 is 0 Å². The van der Waals surface area contributed by atoms with Crippen LogP contribution in [0.3, 0.4) is 0 Å². The highest BCUT2D eigenvalue weighted by molar-refractivity contribution is 6.13. The molecule has 3 aromatic heterocycles. The van der Waals surface area contributed by atoms with Crippen molar-refractivity contribution in [3.8, 4) is 56.4 Å². The topological polar surface area (TPSA) is 35.6 Å². The minimum Gasteiger partial charge on any atom is -0.309 e. The van der Waals surface area contributed by atoms with Gasteiger partial charge in [0.25, 0.3) is 0 Å². The van der Waals surface area contributed by atoms with Crippen LogP contribution in [0.5, 0.6) is 0 Å². The van der Waals surface area contributed by atoms with Gasteiger partial charge in [-0.2, -0.15) is 0 Å². The van der Waals surface area contributed by atoms with Crippen molar-refractivity contribution in [1.29, 1.82) is 0 Å². The third-order valence-electron chi connectivity index (χ3n) is 12.9. The Labute approximate surface area is 369 Å². The van der Waals surface area contributed by atoms with Gasteiger partial charge in [0, 0.05) is 49.6 Å². The van der Waals surface area contributed by atoms with Gasteiger partial charge in [-0.3, -0.25) is 0 Å². The Morgan fingerprint density at radius 3 is 1.20 bits per heavy atom. The van der Waals surface area contributed by atoms with Crippen LogP contribution in [0.4, 0.5) is 0 Å². The first-order valence-electron chi connectivity index (χ1n) is 21.8. The van der Waals surface area contributed by atoms with E-state index in [0.717, 1.165) is 50.5 Å². The van der Waals surface area contributed by atoms with Crippen molar-refractivity contribution in [2.24, 2.45) is 0 Å². The van der Waals surface area contributed by atoms with Crippen molar-refractivity contribution in [2.75, 3.05) is 0 Å². The fourth-order valence-corrected chi connectivity index (χ4v) is 9.95. The number of hydrogen-bond acceptors (Lipinski definition) is 2. The maximum atomic E-state index is 5.29. The Morgan fingerprint density at radius 1 is 0.266 bits per heavy atom. The summed E-state index contributed by atoms with van der Waals surface area (Å²) in [6, 6.07) is 82.7. The molecule has 4 nitrogen and oxygen atoms in total. The smallest absolute Gasteiger partial charge is 0.160 e. The fraction of sp³-hybridized carbons (Fsp3) is 0. The summed E-state index contributed by atoms with van der Waals surface area (Å²) in [5, 5.41) is 9.63. The van der Waals surface area contributed by atoms with Gasteiger partial charge in [0.15, 0.2) is 5.82 Å². The molecule has 0 aliphatic heterocycles. The number of aromatic nitrogens is 4. The van der Waals surface area contributed by atoms with Gasteiger partial charge in [0.1, 0.15) is 0 Å². The average molecular weight is 815 g/mol. The molecule has 298 valence electrons. The summed E-state index contributed by atoms with van der Waals surface area (Å²) in [4.78, 5) is 10.6. The van der Waals surface area contributed by atoms with Crippen LogP contribution in [-0.4, -0.2) is 19.1 Å². The Kier molecular flexibility index (Phi) is 8.18. The largest absolute Gasteiger partial charge is 0.309 e. The lowest BCUT2D eigenvalue weighted by molar-refractivity contribution is 1.16. The zero-order valence-electron chi connectivity index (χ0n) is 34.7. The molecule has 0 amide bonds. The van der Waals surface area contributed by atoms with E-state index < -0.39 is 0 Å². The lowest BCUT2D eigenvalue weighted by Crippen LogP contribution is -1.98. The molecule has 0 atom stereocenters. The monoisotopic (exact) mass is 814 g/mol. The van der Waals surface area contributed by atoms with Gasteiger partial charge in [0.2, 0.25) is 0 Å². The number of para-hydroxylation sites is 3. The van der Waals surface area contributed by atoms with Crippen LogP contribution in [0.1, 0.15) is 0 Å². The van der Waals surface area contributed by atoms with Crippen molar-refractivity contribution in [3.05, 3.63) is 231 Å². The Morgan fingerprint density at radius 2 is 0.672 bits per heavy atom. The van der Waals surface area contributed by atoms with Gasteiger partial charge in [-0.25, -0.2) is 9.97 Å². The summed E-state index contributed by atoms with van der Waals surface area (Å²) in [6.45, 7) is 0. The molecule has 0 aliphatic carbocycles. The van der Waals surface area contributed by atoms with Crippen LogP contribution in [0.15, 0.2) is 231 Å². The van der Waals surface area contributed by atoms with E-state index in [1.165, 1.54) is 65.3 Å². The predicted octanol–water partition coefficient (Wildman–Crippen LogP) is 15.6. The molecule has 3 heterocycles. The maximum absolute atomic E-state index is 5.29. The van der Waals surface area contributed by atoms with E-state index in [0.29, 0.717) is 5.82 Å². The van der Waals surface area contributed by atoms with Crippen molar-refractivity contribution in [3.63, 3.8) is 0 Å². The minimum atomic E-state index is 0.690. The van der Waals surface area contributed by atoms with E-state index in [1.807, 2.05) is 0 Å². The molecule has 64 heavy (non-hydrogen) atoms.